The maximum atomic E-state index is 12.0. The van der Waals surface area contributed by atoms with Crippen molar-refractivity contribution in [2.24, 2.45) is 4.99 Å². The SMILES string of the molecule is CN=C(NCCc1cn2cccc(C)c2n1)NC1CN(C(=O)OC(C)(C)C)C1. The van der Waals surface area contributed by atoms with E-state index in [1.165, 1.54) is 5.56 Å². The Morgan fingerprint density at radius 3 is 2.79 bits per heavy atom. The van der Waals surface area contributed by atoms with Crippen LogP contribution in [0, 0.1) is 6.92 Å². The van der Waals surface area contributed by atoms with E-state index in [-0.39, 0.29) is 12.1 Å². The van der Waals surface area contributed by atoms with Crippen molar-refractivity contribution in [3.05, 3.63) is 35.8 Å². The lowest BCUT2D eigenvalue weighted by atomic mass is 10.1. The summed E-state index contributed by atoms with van der Waals surface area (Å²) < 4.78 is 7.43. The standard InChI is InChI=1S/C20H30N6O2/c1-14-7-6-10-25-11-15(23-17(14)25)8-9-22-18(21-5)24-16-12-26(13-16)19(27)28-20(2,3)4/h6-7,10-11,16H,8-9,12-13H2,1-5H3,(H2,21,22,24). The molecule has 3 rings (SSSR count). The second-order valence-corrected chi connectivity index (χ2v) is 8.13. The summed E-state index contributed by atoms with van der Waals surface area (Å²) in [5.41, 5.74) is 2.73. The van der Waals surface area contributed by atoms with Gasteiger partial charge in [0.2, 0.25) is 0 Å². The monoisotopic (exact) mass is 386 g/mol. The van der Waals surface area contributed by atoms with Crippen LogP contribution >= 0.6 is 0 Å². The number of aliphatic imine (C=N–C) groups is 1. The summed E-state index contributed by atoms with van der Waals surface area (Å²) in [4.78, 5) is 22.6. The first-order valence-electron chi connectivity index (χ1n) is 9.63. The Bertz CT molecular complexity index is 861. The van der Waals surface area contributed by atoms with Crippen LogP contribution in [0.4, 0.5) is 4.79 Å². The van der Waals surface area contributed by atoms with Crippen LogP contribution in [0.5, 0.6) is 0 Å². The lowest BCUT2D eigenvalue weighted by Gasteiger charge is -2.40. The second-order valence-electron chi connectivity index (χ2n) is 8.13. The molecule has 0 saturated carbocycles. The van der Waals surface area contributed by atoms with Crippen molar-refractivity contribution in [1.82, 2.24) is 24.9 Å². The largest absolute Gasteiger partial charge is 0.444 e. The summed E-state index contributed by atoms with van der Waals surface area (Å²) in [6.07, 6.45) is 4.61. The minimum Gasteiger partial charge on any atom is -0.444 e. The Balaban J connectivity index is 1.42. The molecule has 2 aromatic rings. The van der Waals surface area contributed by atoms with Crippen LogP contribution < -0.4 is 10.6 Å². The molecule has 0 spiro atoms. The van der Waals surface area contributed by atoms with E-state index in [0.717, 1.165) is 30.3 Å². The fourth-order valence-corrected chi connectivity index (χ4v) is 3.07. The lowest BCUT2D eigenvalue weighted by molar-refractivity contribution is 0.00701. The van der Waals surface area contributed by atoms with Gasteiger partial charge < -0.3 is 24.7 Å². The van der Waals surface area contributed by atoms with Crippen LogP contribution in [0.15, 0.2) is 29.5 Å². The van der Waals surface area contributed by atoms with Crippen molar-refractivity contribution < 1.29 is 9.53 Å². The maximum Gasteiger partial charge on any atom is 0.410 e. The number of rotatable bonds is 4. The highest BCUT2D eigenvalue weighted by Crippen LogP contribution is 2.15. The molecule has 1 fully saturated rings. The minimum atomic E-state index is -0.469. The number of hydrogen-bond acceptors (Lipinski definition) is 4. The number of imidazole rings is 1. The van der Waals surface area contributed by atoms with Gasteiger partial charge in [-0.2, -0.15) is 0 Å². The third-order valence-corrected chi connectivity index (χ3v) is 4.50. The molecule has 2 aromatic heterocycles. The second kappa shape index (κ2) is 8.08. The first-order valence-corrected chi connectivity index (χ1v) is 9.63. The van der Waals surface area contributed by atoms with Gasteiger partial charge in [-0.25, -0.2) is 9.78 Å². The molecular weight excluding hydrogens is 356 g/mol. The quantitative estimate of drug-likeness (QED) is 0.620. The number of ether oxygens (including phenoxy) is 1. The number of fused-ring (bicyclic) bond motifs is 1. The zero-order chi connectivity index (χ0) is 20.3. The van der Waals surface area contributed by atoms with Crippen LogP contribution in [-0.2, 0) is 11.2 Å². The number of nitrogens with one attached hydrogen (secondary N) is 2. The molecule has 0 unspecified atom stereocenters. The molecular formula is C20H30N6O2. The summed E-state index contributed by atoms with van der Waals surface area (Å²) in [5.74, 6) is 0.730. The molecule has 1 aliphatic rings. The van der Waals surface area contributed by atoms with E-state index in [0.29, 0.717) is 13.1 Å². The molecule has 28 heavy (non-hydrogen) atoms. The fraction of sp³-hybridized carbons (Fsp3) is 0.550. The van der Waals surface area contributed by atoms with Crippen molar-refractivity contribution in [2.75, 3.05) is 26.7 Å². The number of carbonyl (C=O) groups is 1. The van der Waals surface area contributed by atoms with Gasteiger partial charge in [0, 0.05) is 45.5 Å². The third-order valence-electron chi connectivity index (χ3n) is 4.50. The van der Waals surface area contributed by atoms with Gasteiger partial charge in [-0.1, -0.05) is 6.07 Å². The lowest BCUT2D eigenvalue weighted by Crippen LogP contribution is -2.63. The minimum absolute atomic E-state index is 0.177. The highest BCUT2D eigenvalue weighted by atomic mass is 16.6. The molecule has 8 heteroatoms. The topological polar surface area (TPSA) is 83.3 Å². The van der Waals surface area contributed by atoms with Crippen LogP contribution in [0.25, 0.3) is 5.65 Å². The van der Waals surface area contributed by atoms with Gasteiger partial charge in [-0.3, -0.25) is 4.99 Å². The Morgan fingerprint density at radius 2 is 2.14 bits per heavy atom. The van der Waals surface area contributed by atoms with Crippen molar-refractivity contribution in [3.8, 4) is 0 Å². The van der Waals surface area contributed by atoms with E-state index in [1.54, 1.807) is 11.9 Å². The number of guanidine groups is 1. The predicted octanol–water partition coefficient (Wildman–Crippen LogP) is 1.97. The van der Waals surface area contributed by atoms with Gasteiger partial charge in [0.1, 0.15) is 11.2 Å². The van der Waals surface area contributed by atoms with Gasteiger partial charge in [0.15, 0.2) is 5.96 Å². The molecule has 0 radical (unpaired) electrons. The number of likely N-dealkylation sites (tertiary alicyclic amines) is 1. The van der Waals surface area contributed by atoms with Gasteiger partial charge >= 0.3 is 6.09 Å². The van der Waals surface area contributed by atoms with Crippen LogP contribution in [0.3, 0.4) is 0 Å². The zero-order valence-electron chi connectivity index (χ0n) is 17.3. The van der Waals surface area contributed by atoms with E-state index >= 15 is 0 Å². The van der Waals surface area contributed by atoms with Gasteiger partial charge in [0.05, 0.1) is 11.7 Å². The number of aryl methyl sites for hydroxylation is 1. The van der Waals surface area contributed by atoms with Crippen LogP contribution in [0.1, 0.15) is 32.0 Å². The number of aromatic nitrogens is 2. The maximum absolute atomic E-state index is 12.0. The van der Waals surface area contributed by atoms with Crippen LogP contribution in [-0.4, -0.2) is 64.7 Å². The van der Waals surface area contributed by atoms with Gasteiger partial charge in [-0.15, -0.1) is 0 Å². The summed E-state index contributed by atoms with van der Waals surface area (Å²) in [6.45, 7) is 9.63. The predicted molar refractivity (Wildman–Crippen MR) is 110 cm³/mol. The van der Waals surface area contributed by atoms with Crippen molar-refractivity contribution in [2.45, 2.75) is 45.8 Å². The first-order chi connectivity index (χ1) is 13.2. The molecule has 1 aliphatic heterocycles. The summed E-state index contributed by atoms with van der Waals surface area (Å²) in [7, 11) is 1.74. The number of hydrogen-bond donors (Lipinski definition) is 2. The van der Waals surface area contributed by atoms with Crippen molar-refractivity contribution in [3.63, 3.8) is 0 Å². The van der Waals surface area contributed by atoms with Crippen molar-refractivity contribution in [1.29, 1.82) is 0 Å². The van der Waals surface area contributed by atoms with Crippen molar-refractivity contribution >= 4 is 17.7 Å². The highest BCUT2D eigenvalue weighted by Gasteiger charge is 2.34. The Morgan fingerprint density at radius 1 is 1.39 bits per heavy atom. The number of pyridine rings is 1. The van der Waals surface area contributed by atoms with E-state index in [9.17, 15) is 4.79 Å². The van der Waals surface area contributed by atoms with Crippen LogP contribution in [0.2, 0.25) is 0 Å². The molecule has 152 valence electrons. The first kappa shape index (κ1) is 20.0. The molecule has 1 amide bonds. The van der Waals surface area contributed by atoms with E-state index in [4.69, 9.17) is 4.74 Å². The normalized spacial score (nSPS) is 15.5. The highest BCUT2D eigenvalue weighted by molar-refractivity contribution is 5.80. The van der Waals surface area contributed by atoms with Gasteiger partial charge in [-0.05, 0) is 39.3 Å². The fourth-order valence-electron chi connectivity index (χ4n) is 3.07. The molecule has 0 atom stereocenters. The Labute approximate surface area is 166 Å². The van der Waals surface area contributed by atoms with E-state index in [2.05, 4.69) is 44.2 Å². The molecule has 0 aliphatic carbocycles. The average molecular weight is 387 g/mol. The molecule has 0 bridgehead atoms. The third kappa shape index (κ3) is 4.94. The zero-order valence-corrected chi connectivity index (χ0v) is 17.3. The molecule has 8 nitrogen and oxygen atoms in total. The molecule has 2 N–H and O–H groups in total. The number of amides is 1. The summed E-state index contributed by atoms with van der Waals surface area (Å²) >= 11 is 0. The molecule has 1 saturated heterocycles. The van der Waals surface area contributed by atoms with E-state index in [1.807, 2.05) is 33.0 Å². The van der Waals surface area contributed by atoms with E-state index < -0.39 is 5.60 Å². The van der Waals surface area contributed by atoms with Gasteiger partial charge in [0.25, 0.3) is 0 Å². The smallest absolute Gasteiger partial charge is 0.410 e. The molecule has 3 heterocycles. The Kier molecular flexibility index (Phi) is 5.76. The summed E-state index contributed by atoms with van der Waals surface area (Å²) in [6, 6.07) is 4.27. The number of nitrogens with zero attached hydrogens (tertiary/aromatic N) is 4. The number of carbonyl (C=O) groups excluding carboxylic acids is 1. The average Bonchev–Trinajstić information content (AvgIpc) is 2.98. The molecule has 0 aromatic carbocycles. The Hall–Kier alpha value is -2.77. The summed E-state index contributed by atoms with van der Waals surface area (Å²) in [5, 5.41) is 6.65.